The third-order valence-corrected chi connectivity index (χ3v) is 8.51. The molecule has 5 atom stereocenters. The molecule has 0 amide bonds. The van der Waals surface area contributed by atoms with Gasteiger partial charge in [0.05, 0.1) is 35.9 Å². The van der Waals surface area contributed by atoms with Crippen molar-refractivity contribution < 1.29 is 0 Å². The maximum absolute atomic E-state index is 4.68. The smallest absolute Gasteiger partial charge is 0.123 e. The van der Waals surface area contributed by atoms with Crippen molar-refractivity contribution in [1.82, 2.24) is 30.6 Å². The molecule has 6 nitrogen and oxygen atoms in total. The molecule has 0 unspecified atom stereocenters. The minimum absolute atomic E-state index is 0.340. The van der Waals surface area contributed by atoms with Gasteiger partial charge in [-0.1, -0.05) is 60.7 Å². The third kappa shape index (κ3) is 4.56. The van der Waals surface area contributed by atoms with Gasteiger partial charge in [0.1, 0.15) is 11.6 Å². The van der Waals surface area contributed by atoms with Crippen LogP contribution in [0.1, 0.15) is 73.9 Å². The van der Waals surface area contributed by atoms with Gasteiger partial charge in [-0.2, -0.15) is 0 Å². The van der Waals surface area contributed by atoms with Crippen LogP contribution in [-0.4, -0.2) is 32.0 Å². The van der Waals surface area contributed by atoms with Crippen molar-refractivity contribution in [3.8, 4) is 22.5 Å². The Morgan fingerprint density at radius 1 is 0.676 bits per heavy atom. The Morgan fingerprint density at radius 3 is 1.73 bits per heavy atom. The van der Waals surface area contributed by atoms with Gasteiger partial charge in [-0.3, -0.25) is 0 Å². The van der Waals surface area contributed by atoms with Gasteiger partial charge in [0, 0.05) is 12.1 Å². The van der Waals surface area contributed by atoms with E-state index < -0.39 is 0 Å². The molecule has 7 rings (SSSR count). The normalized spacial score (nSPS) is 27.0. The van der Waals surface area contributed by atoms with Gasteiger partial charge in [-0.15, -0.1) is 0 Å². The Hall–Kier alpha value is -3.48. The number of benzene rings is 2. The van der Waals surface area contributed by atoms with Crippen LogP contribution in [-0.2, 0) is 0 Å². The average Bonchev–Trinajstić information content (AvgIpc) is 3.71. The second kappa shape index (κ2) is 9.43. The summed E-state index contributed by atoms with van der Waals surface area (Å²) in [6.45, 7) is 2.23. The highest BCUT2D eigenvalue weighted by Crippen LogP contribution is 2.42. The second-order valence-corrected chi connectivity index (χ2v) is 11.0. The van der Waals surface area contributed by atoms with Gasteiger partial charge in [-0.05, 0) is 67.2 Å². The quantitative estimate of drug-likeness (QED) is 0.240. The molecule has 0 spiro atoms. The molecule has 2 aliphatic heterocycles. The lowest BCUT2D eigenvalue weighted by Gasteiger charge is -2.29. The molecule has 6 heteroatoms. The summed E-state index contributed by atoms with van der Waals surface area (Å²) in [5.74, 6) is 2.97. The topological polar surface area (TPSA) is 81.4 Å². The van der Waals surface area contributed by atoms with Gasteiger partial charge >= 0.3 is 0 Å². The van der Waals surface area contributed by atoms with Gasteiger partial charge in [0.25, 0.3) is 0 Å². The highest BCUT2D eigenvalue weighted by Gasteiger charge is 2.41. The van der Waals surface area contributed by atoms with Crippen molar-refractivity contribution in [3.05, 3.63) is 83.7 Å². The molecule has 37 heavy (non-hydrogen) atoms. The van der Waals surface area contributed by atoms with Gasteiger partial charge in [-0.25, -0.2) is 9.97 Å². The first-order valence-electron chi connectivity index (χ1n) is 13.7. The van der Waals surface area contributed by atoms with E-state index in [1.807, 2.05) is 12.4 Å². The molecule has 2 aromatic heterocycles. The van der Waals surface area contributed by atoms with Crippen LogP contribution in [0.25, 0.3) is 34.7 Å². The first kappa shape index (κ1) is 22.7. The van der Waals surface area contributed by atoms with Crippen LogP contribution in [0.15, 0.2) is 60.9 Å². The van der Waals surface area contributed by atoms with E-state index in [2.05, 4.69) is 98.2 Å². The van der Waals surface area contributed by atoms with Crippen molar-refractivity contribution in [3.63, 3.8) is 0 Å². The van der Waals surface area contributed by atoms with Crippen LogP contribution in [0.5, 0.6) is 0 Å². The lowest BCUT2D eigenvalue weighted by atomic mass is 9.80. The number of nitrogens with zero attached hydrogens (tertiary/aromatic N) is 2. The Kier molecular flexibility index (Phi) is 5.79. The Labute approximate surface area is 218 Å². The number of rotatable bonds is 6. The zero-order chi connectivity index (χ0) is 24.8. The number of aromatic nitrogens is 4. The second-order valence-electron chi connectivity index (χ2n) is 11.0. The first-order valence-corrected chi connectivity index (χ1v) is 13.7. The van der Waals surface area contributed by atoms with Crippen LogP contribution < -0.4 is 10.6 Å². The van der Waals surface area contributed by atoms with Gasteiger partial charge in [0.15, 0.2) is 0 Å². The van der Waals surface area contributed by atoms with Crippen molar-refractivity contribution >= 4 is 12.2 Å². The highest BCUT2D eigenvalue weighted by molar-refractivity contribution is 5.72. The van der Waals surface area contributed by atoms with E-state index in [9.17, 15) is 0 Å². The average molecular weight is 491 g/mol. The van der Waals surface area contributed by atoms with E-state index >= 15 is 0 Å². The fourth-order valence-corrected chi connectivity index (χ4v) is 6.09. The molecule has 1 aliphatic carbocycles. The molecular weight excluding hydrogens is 456 g/mol. The maximum atomic E-state index is 4.68. The van der Waals surface area contributed by atoms with Crippen molar-refractivity contribution in [2.24, 2.45) is 5.92 Å². The molecule has 0 radical (unpaired) electrons. The summed E-state index contributed by atoms with van der Waals surface area (Å²) in [4.78, 5) is 16.4. The number of fused-ring (bicyclic) bond motifs is 1. The maximum Gasteiger partial charge on any atom is 0.123 e. The Bertz CT molecular complexity index is 1380. The zero-order valence-corrected chi connectivity index (χ0v) is 21.2. The van der Waals surface area contributed by atoms with Gasteiger partial charge < -0.3 is 20.6 Å². The zero-order valence-electron chi connectivity index (χ0n) is 21.2. The summed E-state index contributed by atoms with van der Waals surface area (Å²) in [6, 6.07) is 19.3. The molecule has 2 aromatic carbocycles. The van der Waals surface area contributed by atoms with Gasteiger partial charge in [0.2, 0.25) is 0 Å². The van der Waals surface area contributed by atoms with Crippen molar-refractivity contribution in [2.45, 2.75) is 63.2 Å². The summed E-state index contributed by atoms with van der Waals surface area (Å²) in [5.41, 5.74) is 6.84. The number of hydrogen-bond acceptors (Lipinski definition) is 4. The highest BCUT2D eigenvalue weighted by atomic mass is 15.1. The fourth-order valence-electron chi connectivity index (χ4n) is 6.09. The molecule has 3 aliphatic rings. The van der Waals surface area contributed by atoms with E-state index in [1.54, 1.807) is 0 Å². The fraction of sp³-hybridized carbons (Fsp3) is 0.355. The molecule has 4 heterocycles. The lowest BCUT2D eigenvalue weighted by Crippen LogP contribution is -2.35. The first-order chi connectivity index (χ1) is 18.2. The lowest BCUT2D eigenvalue weighted by molar-refractivity contribution is 0.276. The molecule has 0 bridgehead atoms. The van der Waals surface area contributed by atoms with Crippen molar-refractivity contribution in [2.75, 3.05) is 0 Å². The van der Waals surface area contributed by atoms with E-state index in [4.69, 9.17) is 0 Å². The molecule has 2 saturated heterocycles. The van der Waals surface area contributed by atoms with Crippen LogP contribution >= 0.6 is 0 Å². The van der Waals surface area contributed by atoms with E-state index in [0.29, 0.717) is 24.2 Å². The van der Waals surface area contributed by atoms with E-state index in [1.165, 1.54) is 42.4 Å². The summed E-state index contributed by atoms with van der Waals surface area (Å²) < 4.78 is 0. The van der Waals surface area contributed by atoms with Crippen molar-refractivity contribution in [1.29, 1.82) is 0 Å². The Morgan fingerprint density at radius 2 is 1.27 bits per heavy atom. The SMILES string of the molecule is C[C@@H]1CC[C@@H](c2ncc(-c3ccc(/C=C/c4ccc(-c5cnc([C@@H]6C[C@H]7CC[C@H]7N6)[nH]5)cc4)cc3)[nH]2)N1. The minimum atomic E-state index is 0.340. The van der Waals surface area contributed by atoms with Crippen LogP contribution in [0.3, 0.4) is 0 Å². The Balaban J connectivity index is 0.986. The summed E-state index contributed by atoms with van der Waals surface area (Å²) >= 11 is 0. The largest absolute Gasteiger partial charge is 0.341 e. The number of hydrogen-bond donors (Lipinski definition) is 4. The summed E-state index contributed by atoms with van der Waals surface area (Å²) in [6.07, 6.45) is 14.5. The monoisotopic (exact) mass is 490 g/mol. The number of H-pyrrole nitrogens is 2. The summed E-state index contributed by atoms with van der Waals surface area (Å²) in [5, 5.41) is 7.33. The van der Waals surface area contributed by atoms with Crippen LogP contribution in [0.4, 0.5) is 0 Å². The third-order valence-electron chi connectivity index (χ3n) is 8.51. The molecular formula is C31H34N6. The standard InChI is InChI=1S/C31H34N6/c1-19-2-14-26(34-19)30-32-17-28(36-30)22-9-5-20(6-10-22)3-4-21-7-11-23(12-8-21)29-18-33-31(37-29)27-16-24-13-15-25(24)35-27/h3-12,17-19,24-27,34-35H,2,13-16H2,1H3,(H,32,36)(H,33,37)/b4-3+/t19-,24-,25-,26+,27+/m1/s1. The summed E-state index contributed by atoms with van der Waals surface area (Å²) in [7, 11) is 0. The van der Waals surface area contributed by atoms with Crippen LogP contribution in [0, 0.1) is 5.92 Å². The van der Waals surface area contributed by atoms with E-state index in [-0.39, 0.29) is 0 Å². The van der Waals surface area contributed by atoms with Crippen LogP contribution in [0.2, 0.25) is 0 Å². The number of imidazole rings is 2. The molecule has 1 saturated carbocycles. The molecule has 4 N–H and O–H groups in total. The minimum Gasteiger partial charge on any atom is -0.341 e. The molecule has 3 fully saturated rings. The predicted octanol–water partition coefficient (Wildman–Crippen LogP) is 6.26. The number of nitrogens with one attached hydrogen (secondary N) is 4. The molecule has 4 aromatic rings. The molecule has 188 valence electrons. The predicted molar refractivity (Wildman–Crippen MR) is 149 cm³/mol. The number of aromatic amines is 2. The van der Waals surface area contributed by atoms with E-state index in [0.717, 1.165) is 40.9 Å².